The van der Waals surface area contributed by atoms with Crippen LogP contribution in [0.3, 0.4) is 0 Å². The summed E-state index contributed by atoms with van der Waals surface area (Å²) in [4.78, 5) is 5.05. The molecule has 0 radical (unpaired) electrons. The van der Waals surface area contributed by atoms with Gasteiger partial charge < -0.3 is 14.6 Å². The second kappa shape index (κ2) is 11.7. The molecule has 2 heterocycles. The maximum Gasteiger partial charge on any atom is 0.164 e. The Balaban J connectivity index is 1.15. The first kappa shape index (κ1) is 29.2. The first-order chi connectivity index (χ1) is 20.4. The van der Waals surface area contributed by atoms with Crippen LogP contribution in [0.25, 0.3) is 0 Å². The maximum absolute atomic E-state index is 12.8. The van der Waals surface area contributed by atoms with Gasteiger partial charge in [-0.25, -0.2) is 0 Å². The molecule has 1 aromatic carbocycles. The highest BCUT2D eigenvalue weighted by Crippen LogP contribution is 2.70. The third-order valence-corrected chi connectivity index (χ3v) is 13.3. The number of fused-ring (bicyclic) bond motifs is 5. The van der Waals surface area contributed by atoms with Crippen molar-refractivity contribution in [1.82, 2.24) is 9.80 Å². The van der Waals surface area contributed by atoms with E-state index in [1.807, 2.05) is 0 Å². The van der Waals surface area contributed by atoms with E-state index in [0.29, 0.717) is 36.4 Å². The van der Waals surface area contributed by atoms with E-state index in [4.69, 9.17) is 9.47 Å². The zero-order valence-electron chi connectivity index (χ0n) is 26.5. The summed E-state index contributed by atoms with van der Waals surface area (Å²) in [5.74, 6) is 3.18. The molecule has 5 fully saturated rings. The standard InChI is InChI=1S/C37H56N2O3/c1-35-17-4-3-10-28(35)13-14-32-31(35)15-18-36(2)30(16-19-37(32,36)40)29-11-9-12-33(41-26-24-38-20-5-6-21-38)34(29)42-27-25-39-22-7-8-23-39/h9-12,30-32,40H,3-8,13-27H2,1-2H3/t30-,31-,32+,35-,36+,37-/m0/s1. The van der Waals surface area contributed by atoms with Crippen LogP contribution in [0.1, 0.15) is 109 Å². The molecule has 1 aromatic rings. The van der Waals surface area contributed by atoms with Crippen molar-refractivity contribution in [3.63, 3.8) is 0 Å². The monoisotopic (exact) mass is 576 g/mol. The number of likely N-dealkylation sites (tertiary alicyclic amines) is 2. The molecule has 0 amide bonds. The van der Waals surface area contributed by atoms with E-state index in [1.54, 1.807) is 5.57 Å². The van der Waals surface area contributed by atoms with Crippen LogP contribution < -0.4 is 9.47 Å². The van der Waals surface area contributed by atoms with Gasteiger partial charge in [0.05, 0.1) is 5.60 Å². The second-order valence-corrected chi connectivity index (χ2v) is 15.2. The van der Waals surface area contributed by atoms with Gasteiger partial charge in [0.15, 0.2) is 11.5 Å². The van der Waals surface area contributed by atoms with E-state index in [0.717, 1.165) is 50.3 Å². The Hall–Kier alpha value is -1.56. The van der Waals surface area contributed by atoms with E-state index < -0.39 is 5.60 Å². The Kier molecular flexibility index (Phi) is 8.16. The van der Waals surface area contributed by atoms with Crippen LogP contribution in [0.4, 0.5) is 0 Å². The highest BCUT2D eigenvalue weighted by atomic mass is 16.5. The lowest BCUT2D eigenvalue weighted by Gasteiger charge is -2.61. The number of benzene rings is 1. The molecule has 0 spiro atoms. The molecule has 0 unspecified atom stereocenters. The van der Waals surface area contributed by atoms with Gasteiger partial charge in [-0.3, -0.25) is 9.80 Å². The van der Waals surface area contributed by atoms with Gasteiger partial charge in [-0.2, -0.15) is 0 Å². The fraction of sp³-hybridized carbons (Fsp3) is 0.784. The van der Waals surface area contributed by atoms with E-state index in [1.165, 1.54) is 89.5 Å². The SMILES string of the molecule is C[C@]12CCCC=C1CC[C@@H]1[C@@H]2CC[C@]2(C)[C@H](c3cccc(OCCN4CCCC4)c3OCCN3CCCC3)CC[C@]12O. The van der Waals surface area contributed by atoms with Gasteiger partial charge >= 0.3 is 0 Å². The molecule has 0 aromatic heterocycles. The summed E-state index contributed by atoms with van der Waals surface area (Å²) in [5, 5.41) is 12.8. The number of rotatable bonds is 9. The molecule has 3 saturated carbocycles. The van der Waals surface area contributed by atoms with Crippen molar-refractivity contribution in [3.05, 3.63) is 35.4 Å². The van der Waals surface area contributed by atoms with Crippen LogP contribution in [0.2, 0.25) is 0 Å². The van der Waals surface area contributed by atoms with Crippen molar-refractivity contribution >= 4 is 0 Å². The molecule has 6 aliphatic rings. The molecule has 2 saturated heterocycles. The summed E-state index contributed by atoms with van der Waals surface area (Å²) in [6, 6.07) is 6.61. The molecule has 5 heteroatoms. The Morgan fingerprint density at radius 1 is 0.810 bits per heavy atom. The van der Waals surface area contributed by atoms with Gasteiger partial charge in [-0.1, -0.05) is 37.6 Å². The minimum atomic E-state index is -0.605. The first-order valence-electron chi connectivity index (χ1n) is 17.7. The molecular formula is C37H56N2O3. The lowest BCUT2D eigenvalue weighted by atomic mass is 9.45. The molecule has 7 rings (SSSR count). The first-order valence-corrected chi connectivity index (χ1v) is 17.7. The zero-order chi connectivity index (χ0) is 28.8. The molecule has 6 atom stereocenters. The number of allylic oxidation sites excluding steroid dienone is 2. The zero-order valence-corrected chi connectivity index (χ0v) is 26.5. The molecule has 2 aliphatic heterocycles. The minimum Gasteiger partial charge on any atom is -0.488 e. The average molecular weight is 577 g/mol. The predicted molar refractivity (Wildman–Crippen MR) is 169 cm³/mol. The highest BCUT2D eigenvalue weighted by Gasteiger charge is 2.66. The Labute approximate surface area is 255 Å². The van der Waals surface area contributed by atoms with Crippen molar-refractivity contribution in [2.75, 3.05) is 52.5 Å². The fourth-order valence-electron chi connectivity index (χ4n) is 10.9. The third-order valence-electron chi connectivity index (χ3n) is 13.3. The number of hydrogen-bond donors (Lipinski definition) is 1. The van der Waals surface area contributed by atoms with E-state index in [2.05, 4.69) is 47.9 Å². The Morgan fingerprint density at radius 2 is 1.52 bits per heavy atom. The molecule has 0 bridgehead atoms. The van der Waals surface area contributed by atoms with E-state index in [9.17, 15) is 5.11 Å². The summed E-state index contributed by atoms with van der Waals surface area (Å²) in [7, 11) is 0. The van der Waals surface area contributed by atoms with Gasteiger partial charge in [0, 0.05) is 24.1 Å². The van der Waals surface area contributed by atoms with Crippen LogP contribution in [0.5, 0.6) is 11.5 Å². The van der Waals surface area contributed by atoms with Gasteiger partial charge in [-0.15, -0.1) is 0 Å². The second-order valence-electron chi connectivity index (χ2n) is 15.2. The fourth-order valence-corrected chi connectivity index (χ4v) is 10.9. The summed E-state index contributed by atoms with van der Waals surface area (Å²) < 4.78 is 13.3. The number of aliphatic hydroxyl groups is 1. The van der Waals surface area contributed by atoms with E-state index >= 15 is 0 Å². The van der Waals surface area contributed by atoms with Crippen LogP contribution in [0.15, 0.2) is 29.8 Å². The van der Waals surface area contributed by atoms with Crippen LogP contribution in [0, 0.1) is 22.7 Å². The van der Waals surface area contributed by atoms with E-state index in [-0.39, 0.29) is 5.41 Å². The molecule has 232 valence electrons. The van der Waals surface area contributed by atoms with Crippen molar-refractivity contribution in [1.29, 1.82) is 0 Å². The summed E-state index contributed by atoms with van der Waals surface area (Å²) in [5.41, 5.74) is 2.55. The number of hydrogen-bond acceptors (Lipinski definition) is 5. The molecule has 4 aliphatic carbocycles. The summed E-state index contributed by atoms with van der Waals surface area (Å²) in [6.07, 6.45) is 18.3. The van der Waals surface area contributed by atoms with Crippen molar-refractivity contribution in [2.24, 2.45) is 22.7 Å². The number of para-hydroxylation sites is 1. The lowest BCUT2D eigenvalue weighted by Crippen LogP contribution is -2.60. The predicted octanol–water partition coefficient (Wildman–Crippen LogP) is 7.19. The highest BCUT2D eigenvalue weighted by molar-refractivity contribution is 5.50. The van der Waals surface area contributed by atoms with Gasteiger partial charge in [0.2, 0.25) is 0 Å². The van der Waals surface area contributed by atoms with Crippen molar-refractivity contribution < 1.29 is 14.6 Å². The molecular weight excluding hydrogens is 520 g/mol. The third kappa shape index (κ3) is 4.94. The van der Waals surface area contributed by atoms with Crippen LogP contribution >= 0.6 is 0 Å². The Bertz CT molecular complexity index is 1140. The minimum absolute atomic E-state index is 0.137. The van der Waals surface area contributed by atoms with Gasteiger partial charge in [-0.05, 0) is 139 Å². The number of ether oxygens (including phenoxy) is 2. The van der Waals surface area contributed by atoms with Gasteiger partial charge in [0.1, 0.15) is 13.2 Å². The summed E-state index contributed by atoms with van der Waals surface area (Å²) in [6.45, 7) is 13.1. The van der Waals surface area contributed by atoms with Crippen LogP contribution in [-0.2, 0) is 0 Å². The molecule has 5 nitrogen and oxygen atoms in total. The quantitative estimate of drug-likeness (QED) is 0.315. The Morgan fingerprint density at radius 3 is 2.26 bits per heavy atom. The smallest absolute Gasteiger partial charge is 0.164 e. The number of nitrogens with zero attached hydrogens (tertiary/aromatic N) is 2. The van der Waals surface area contributed by atoms with Crippen molar-refractivity contribution in [3.8, 4) is 11.5 Å². The van der Waals surface area contributed by atoms with Gasteiger partial charge in [0.25, 0.3) is 0 Å². The van der Waals surface area contributed by atoms with Crippen molar-refractivity contribution in [2.45, 2.75) is 109 Å². The van der Waals surface area contributed by atoms with Crippen LogP contribution in [-0.4, -0.2) is 73.0 Å². The topological polar surface area (TPSA) is 45.2 Å². The lowest BCUT2D eigenvalue weighted by molar-refractivity contribution is -0.177. The summed E-state index contributed by atoms with van der Waals surface area (Å²) >= 11 is 0. The molecule has 42 heavy (non-hydrogen) atoms. The normalized spacial score (nSPS) is 38.5. The largest absolute Gasteiger partial charge is 0.488 e. The maximum atomic E-state index is 12.8. The molecule has 1 N–H and O–H groups in total. The average Bonchev–Trinajstić information content (AvgIpc) is 3.75.